The van der Waals surface area contributed by atoms with Crippen LogP contribution in [0, 0.1) is 5.41 Å². The predicted octanol–water partition coefficient (Wildman–Crippen LogP) is 1.82. The molecule has 0 aliphatic carbocycles. The summed E-state index contributed by atoms with van der Waals surface area (Å²) in [7, 11) is 2.03. The lowest BCUT2D eigenvalue weighted by atomic mass is 9.89. The molecule has 132 valence electrons. The van der Waals surface area contributed by atoms with Crippen molar-refractivity contribution in [3.63, 3.8) is 0 Å². The second-order valence-electron chi connectivity index (χ2n) is 6.63. The predicted molar refractivity (Wildman–Crippen MR) is 94.1 cm³/mol. The van der Waals surface area contributed by atoms with Gasteiger partial charge >= 0.3 is 0 Å². The van der Waals surface area contributed by atoms with E-state index in [-0.39, 0.29) is 11.8 Å². The van der Waals surface area contributed by atoms with Crippen LogP contribution in [-0.4, -0.2) is 61.4 Å². The van der Waals surface area contributed by atoms with Crippen LogP contribution < -0.4 is 10.1 Å². The van der Waals surface area contributed by atoms with E-state index in [0.29, 0.717) is 25.4 Å². The van der Waals surface area contributed by atoms with Crippen LogP contribution >= 0.6 is 0 Å². The van der Waals surface area contributed by atoms with E-state index in [1.807, 2.05) is 14.0 Å². The van der Waals surface area contributed by atoms with Crippen molar-refractivity contribution in [2.24, 2.45) is 5.41 Å². The Kier molecular flexibility index (Phi) is 5.83. The van der Waals surface area contributed by atoms with E-state index in [1.54, 1.807) is 43.0 Å². The van der Waals surface area contributed by atoms with Crippen molar-refractivity contribution in [2.45, 2.75) is 20.8 Å². The van der Waals surface area contributed by atoms with Crippen LogP contribution in [0.15, 0.2) is 24.3 Å². The number of nitrogens with zero attached hydrogens (tertiary/aromatic N) is 2. The Labute approximate surface area is 143 Å². The van der Waals surface area contributed by atoms with E-state index in [0.717, 1.165) is 18.8 Å². The Morgan fingerprint density at radius 1 is 1.12 bits per heavy atom. The molecular weight excluding hydrogens is 306 g/mol. The maximum atomic E-state index is 12.7. The quantitative estimate of drug-likeness (QED) is 0.835. The maximum absolute atomic E-state index is 12.7. The largest absolute Gasteiger partial charge is 0.494 e. The molecule has 1 aromatic rings. The monoisotopic (exact) mass is 333 g/mol. The maximum Gasteiger partial charge on any atom is 0.239 e. The molecule has 1 heterocycles. The Hall–Kier alpha value is -2.08. The molecule has 0 saturated carbocycles. The van der Waals surface area contributed by atoms with E-state index < -0.39 is 5.41 Å². The molecule has 1 N–H and O–H groups in total. The van der Waals surface area contributed by atoms with Gasteiger partial charge in [0.1, 0.15) is 11.2 Å². The molecule has 1 saturated heterocycles. The molecule has 1 aliphatic heterocycles. The lowest BCUT2D eigenvalue weighted by Gasteiger charge is -2.36. The first kappa shape index (κ1) is 18.3. The first-order valence-corrected chi connectivity index (χ1v) is 8.37. The number of piperazine rings is 1. The first-order valence-electron chi connectivity index (χ1n) is 8.37. The molecule has 1 aromatic carbocycles. The van der Waals surface area contributed by atoms with Gasteiger partial charge in [-0.3, -0.25) is 9.59 Å². The lowest BCUT2D eigenvalue weighted by molar-refractivity contribution is -0.147. The molecule has 0 spiro atoms. The minimum atomic E-state index is -1.10. The van der Waals surface area contributed by atoms with Gasteiger partial charge in [-0.05, 0) is 52.1 Å². The SMILES string of the molecule is CCOc1ccc(NC(=O)C(C)(C)C(=O)N2CCN(C)CC2)cc1. The Morgan fingerprint density at radius 3 is 2.25 bits per heavy atom. The summed E-state index contributed by atoms with van der Waals surface area (Å²) in [6.45, 7) is 8.87. The van der Waals surface area contributed by atoms with Gasteiger partial charge in [-0.15, -0.1) is 0 Å². The van der Waals surface area contributed by atoms with Gasteiger partial charge in [0.15, 0.2) is 0 Å². The smallest absolute Gasteiger partial charge is 0.239 e. The molecule has 2 amide bonds. The van der Waals surface area contributed by atoms with Crippen molar-refractivity contribution in [1.29, 1.82) is 0 Å². The van der Waals surface area contributed by atoms with Gasteiger partial charge in [-0.1, -0.05) is 0 Å². The number of carbonyl (C=O) groups is 2. The Balaban J connectivity index is 1.99. The van der Waals surface area contributed by atoms with E-state index in [4.69, 9.17) is 4.74 Å². The fourth-order valence-corrected chi connectivity index (χ4v) is 2.59. The topological polar surface area (TPSA) is 61.9 Å². The van der Waals surface area contributed by atoms with Crippen LogP contribution in [0.5, 0.6) is 5.75 Å². The molecular formula is C18H27N3O3. The van der Waals surface area contributed by atoms with Crippen LogP contribution in [0.4, 0.5) is 5.69 Å². The summed E-state index contributed by atoms with van der Waals surface area (Å²) in [4.78, 5) is 29.3. The zero-order valence-corrected chi connectivity index (χ0v) is 15.0. The molecule has 0 radical (unpaired) electrons. The molecule has 0 atom stereocenters. The number of likely N-dealkylation sites (N-methyl/N-ethyl adjacent to an activating group) is 1. The third kappa shape index (κ3) is 4.26. The van der Waals surface area contributed by atoms with Crippen molar-refractivity contribution in [3.05, 3.63) is 24.3 Å². The molecule has 6 heteroatoms. The van der Waals surface area contributed by atoms with Crippen molar-refractivity contribution >= 4 is 17.5 Å². The number of amides is 2. The fourth-order valence-electron chi connectivity index (χ4n) is 2.59. The van der Waals surface area contributed by atoms with E-state index in [9.17, 15) is 9.59 Å². The number of carbonyl (C=O) groups excluding carboxylic acids is 2. The average Bonchev–Trinajstić information content (AvgIpc) is 2.57. The second kappa shape index (κ2) is 7.66. The highest BCUT2D eigenvalue weighted by molar-refractivity contribution is 6.09. The summed E-state index contributed by atoms with van der Waals surface area (Å²) in [6, 6.07) is 7.15. The number of rotatable bonds is 5. The molecule has 2 rings (SSSR count). The van der Waals surface area contributed by atoms with Gasteiger partial charge in [-0.25, -0.2) is 0 Å². The molecule has 6 nitrogen and oxygen atoms in total. The number of hydrogen-bond donors (Lipinski definition) is 1. The Morgan fingerprint density at radius 2 is 1.71 bits per heavy atom. The van der Waals surface area contributed by atoms with E-state index in [1.165, 1.54) is 0 Å². The van der Waals surface area contributed by atoms with Crippen LogP contribution in [0.1, 0.15) is 20.8 Å². The third-order valence-electron chi connectivity index (χ3n) is 4.32. The summed E-state index contributed by atoms with van der Waals surface area (Å²) < 4.78 is 5.38. The molecule has 1 fully saturated rings. The third-order valence-corrected chi connectivity index (χ3v) is 4.32. The number of benzene rings is 1. The molecule has 0 aromatic heterocycles. The lowest BCUT2D eigenvalue weighted by Crippen LogP contribution is -2.53. The van der Waals surface area contributed by atoms with Crippen molar-refractivity contribution < 1.29 is 14.3 Å². The van der Waals surface area contributed by atoms with Crippen LogP contribution in [0.2, 0.25) is 0 Å². The highest BCUT2D eigenvalue weighted by Crippen LogP contribution is 2.23. The van der Waals surface area contributed by atoms with Crippen LogP contribution in [0.3, 0.4) is 0 Å². The minimum Gasteiger partial charge on any atom is -0.494 e. The second-order valence-corrected chi connectivity index (χ2v) is 6.63. The van der Waals surface area contributed by atoms with E-state index in [2.05, 4.69) is 10.2 Å². The van der Waals surface area contributed by atoms with Gasteiger partial charge in [-0.2, -0.15) is 0 Å². The number of nitrogens with one attached hydrogen (secondary N) is 1. The molecule has 0 unspecified atom stereocenters. The highest BCUT2D eigenvalue weighted by Gasteiger charge is 2.39. The fraction of sp³-hybridized carbons (Fsp3) is 0.556. The van der Waals surface area contributed by atoms with Crippen LogP contribution in [0.25, 0.3) is 0 Å². The summed E-state index contributed by atoms with van der Waals surface area (Å²) >= 11 is 0. The van der Waals surface area contributed by atoms with Gasteiger partial charge < -0.3 is 19.9 Å². The highest BCUT2D eigenvalue weighted by atomic mass is 16.5. The van der Waals surface area contributed by atoms with Crippen molar-refractivity contribution in [1.82, 2.24) is 9.80 Å². The summed E-state index contributed by atoms with van der Waals surface area (Å²) in [5.41, 5.74) is -0.447. The molecule has 24 heavy (non-hydrogen) atoms. The van der Waals surface area contributed by atoms with Gasteiger partial charge in [0, 0.05) is 31.9 Å². The zero-order valence-electron chi connectivity index (χ0n) is 15.0. The van der Waals surface area contributed by atoms with Crippen molar-refractivity contribution in [2.75, 3.05) is 45.2 Å². The number of hydrogen-bond acceptors (Lipinski definition) is 4. The number of anilines is 1. The van der Waals surface area contributed by atoms with Gasteiger partial charge in [0.25, 0.3) is 0 Å². The summed E-state index contributed by atoms with van der Waals surface area (Å²) in [6.07, 6.45) is 0. The molecule has 1 aliphatic rings. The summed E-state index contributed by atoms with van der Waals surface area (Å²) in [5, 5.41) is 2.83. The molecule has 0 bridgehead atoms. The first-order chi connectivity index (χ1) is 11.3. The van der Waals surface area contributed by atoms with E-state index >= 15 is 0 Å². The van der Waals surface area contributed by atoms with Gasteiger partial charge in [0.2, 0.25) is 11.8 Å². The van der Waals surface area contributed by atoms with Crippen LogP contribution in [-0.2, 0) is 9.59 Å². The Bertz CT molecular complexity index is 576. The zero-order chi connectivity index (χ0) is 17.7. The average molecular weight is 333 g/mol. The standard InChI is InChI=1S/C18H27N3O3/c1-5-24-15-8-6-14(7-9-15)19-16(22)18(2,3)17(23)21-12-10-20(4)11-13-21/h6-9H,5,10-13H2,1-4H3,(H,19,22). The van der Waals surface area contributed by atoms with Gasteiger partial charge in [0.05, 0.1) is 6.61 Å². The number of ether oxygens (including phenoxy) is 1. The normalized spacial score (nSPS) is 15.9. The van der Waals surface area contributed by atoms with Crippen molar-refractivity contribution in [3.8, 4) is 5.75 Å². The summed E-state index contributed by atoms with van der Waals surface area (Å²) in [5.74, 6) is 0.331. The minimum absolute atomic E-state index is 0.126.